The van der Waals surface area contributed by atoms with E-state index in [1.165, 1.54) is 11.3 Å². The zero-order chi connectivity index (χ0) is 14.4. The first-order chi connectivity index (χ1) is 9.72. The van der Waals surface area contributed by atoms with Crippen molar-refractivity contribution in [1.29, 1.82) is 0 Å². The molecule has 2 rings (SSSR count). The third-order valence-corrected chi connectivity index (χ3v) is 3.37. The molecule has 6 nitrogen and oxygen atoms in total. The number of carbonyl (C=O) groups excluding carboxylic acids is 1. The summed E-state index contributed by atoms with van der Waals surface area (Å²) in [5, 5.41) is 11.9. The van der Waals surface area contributed by atoms with Gasteiger partial charge in [0.05, 0.1) is 6.61 Å². The molecular weight excluding hydrogens is 276 g/mol. The summed E-state index contributed by atoms with van der Waals surface area (Å²) in [6, 6.07) is 6.95. The van der Waals surface area contributed by atoms with Gasteiger partial charge >= 0.3 is 0 Å². The Morgan fingerprint density at radius 3 is 2.75 bits per heavy atom. The van der Waals surface area contributed by atoms with Crippen molar-refractivity contribution in [1.82, 2.24) is 10.2 Å². The summed E-state index contributed by atoms with van der Waals surface area (Å²) >= 11 is 1.33. The van der Waals surface area contributed by atoms with Crippen molar-refractivity contribution in [2.75, 3.05) is 18.5 Å². The molecule has 1 aromatic carbocycles. The molecule has 20 heavy (non-hydrogen) atoms. The summed E-state index contributed by atoms with van der Waals surface area (Å²) in [6.45, 7) is 3.02. The first kappa shape index (κ1) is 14.4. The minimum atomic E-state index is -0.219. The van der Waals surface area contributed by atoms with Crippen LogP contribution >= 0.6 is 11.3 Å². The van der Waals surface area contributed by atoms with E-state index in [1.807, 2.05) is 6.92 Å². The molecule has 1 heterocycles. The quantitative estimate of drug-likeness (QED) is 0.845. The lowest BCUT2D eigenvalue weighted by Crippen LogP contribution is -2.11. The van der Waals surface area contributed by atoms with Crippen LogP contribution in [0.3, 0.4) is 0 Å². The molecule has 0 atom stereocenters. The van der Waals surface area contributed by atoms with Crippen LogP contribution in [-0.4, -0.2) is 29.3 Å². The van der Waals surface area contributed by atoms with E-state index in [0.29, 0.717) is 30.3 Å². The van der Waals surface area contributed by atoms with Crippen LogP contribution in [-0.2, 0) is 6.42 Å². The van der Waals surface area contributed by atoms with Gasteiger partial charge < -0.3 is 10.5 Å². The lowest BCUT2D eigenvalue weighted by atomic mass is 10.2. The van der Waals surface area contributed by atoms with Gasteiger partial charge in [0.1, 0.15) is 10.8 Å². The summed E-state index contributed by atoms with van der Waals surface area (Å²) in [6.07, 6.45) is 0.663. The van der Waals surface area contributed by atoms with Crippen molar-refractivity contribution in [3.8, 4) is 5.75 Å². The number of rotatable bonds is 6. The van der Waals surface area contributed by atoms with E-state index in [-0.39, 0.29) is 5.91 Å². The highest BCUT2D eigenvalue weighted by Crippen LogP contribution is 2.17. The van der Waals surface area contributed by atoms with E-state index in [4.69, 9.17) is 10.5 Å². The number of ether oxygens (including phenoxy) is 1. The number of amides is 1. The fourth-order valence-electron chi connectivity index (χ4n) is 1.57. The average Bonchev–Trinajstić information content (AvgIpc) is 2.88. The van der Waals surface area contributed by atoms with E-state index >= 15 is 0 Å². The molecule has 1 amide bonds. The minimum Gasteiger partial charge on any atom is -0.494 e. The monoisotopic (exact) mass is 292 g/mol. The third kappa shape index (κ3) is 3.75. The van der Waals surface area contributed by atoms with Gasteiger partial charge in [-0.3, -0.25) is 10.1 Å². The number of hydrogen-bond donors (Lipinski definition) is 2. The maximum absolute atomic E-state index is 12.0. The number of nitrogens with zero attached hydrogens (tertiary/aromatic N) is 2. The van der Waals surface area contributed by atoms with Gasteiger partial charge in [-0.15, -0.1) is 10.2 Å². The van der Waals surface area contributed by atoms with Gasteiger partial charge in [0.2, 0.25) is 5.13 Å². The van der Waals surface area contributed by atoms with Crippen LogP contribution in [0.15, 0.2) is 24.3 Å². The molecule has 106 valence electrons. The summed E-state index contributed by atoms with van der Waals surface area (Å²) in [7, 11) is 0. The van der Waals surface area contributed by atoms with Gasteiger partial charge in [0.25, 0.3) is 5.91 Å². The fraction of sp³-hybridized carbons (Fsp3) is 0.308. The molecule has 0 saturated carbocycles. The second kappa shape index (κ2) is 6.97. The molecule has 0 spiro atoms. The number of hydrogen-bond acceptors (Lipinski definition) is 6. The zero-order valence-electron chi connectivity index (χ0n) is 11.1. The predicted molar refractivity (Wildman–Crippen MR) is 78.2 cm³/mol. The molecule has 0 saturated heterocycles. The maximum Gasteiger partial charge on any atom is 0.257 e. The fourth-order valence-corrected chi connectivity index (χ4v) is 2.32. The Labute approximate surface area is 121 Å². The van der Waals surface area contributed by atoms with Gasteiger partial charge in [0, 0.05) is 12.0 Å². The second-order valence-corrected chi connectivity index (χ2v) is 5.01. The molecule has 0 aliphatic heterocycles. The van der Waals surface area contributed by atoms with Crippen LogP contribution in [0, 0.1) is 0 Å². The third-order valence-electron chi connectivity index (χ3n) is 2.47. The summed E-state index contributed by atoms with van der Waals surface area (Å²) < 4.78 is 5.33. The Balaban J connectivity index is 1.99. The molecule has 1 aromatic heterocycles. The Morgan fingerprint density at radius 2 is 2.10 bits per heavy atom. The number of carbonyl (C=O) groups is 1. The highest BCUT2D eigenvalue weighted by molar-refractivity contribution is 7.15. The smallest absolute Gasteiger partial charge is 0.257 e. The normalized spacial score (nSPS) is 10.3. The maximum atomic E-state index is 12.0. The highest BCUT2D eigenvalue weighted by atomic mass is 32.1. The SMILES string of the molecule is CCOc1ccc(C(=O)Nc2nnc(CCN)s2)cc1. The standard InChI is InChI=1S/C13H16N4O2S/c1-2-19-10-5-3-9(4-6-10)12(18)15-13-17-16-11(20-13)7-8-14/h3-6H,2,7-8,14H2,1H3,(H,15,17,18). The van der Waals surface area contributed by atoms with Crippen LogP contribution in [0.5, 0.6) is 5.75 Å². The summed E-state index contributed by atoms with van der Waals surface area (Å²) in [5.74, 6) is 0.522. The van der Waals surface area contributed by atoms with Gasteiger partial charge in [-0.1, -0.05) is 11.3 Å². The van der Waals surface area contributed by atoms with Crippen molar-refractivity contribution in [2.45, 2.75) is 13.3 Å². The first-order valence-corrected chi connectivity index (χ1v) is 7.11. The molecule has 0 bridgehead atoms. The Hall–Kier alpha value is -1.99. The number of benzene rings is 1. The molecule has 3 N–H and O–H groups in total. The number of anilines is 1. The van der Waals surface area contributed by atoms with E-state index in [2.05, 4.69) is 15.5 Å². The minimum absolute atomic E-state index is 0.219. The van der Waals surface area contributed by atoms with Crippen LogP contribution < -0.4 is 15.8 Å². The Kier molecular flexibility index (Phi) is 5.03. The van der Waals surface area contributed by atoms with Crippen LogP contribution in [0.2, 0.25) is 0 Å². The molecule has 7 heteroatoms. The molecule has 0 fully saturated rings. The van der Waals surface area contributed by atoms with Crippen LogP contribution in [0.1, 0.15) is 22.3 Å². The van der Waals surface area contributed by atoms with Crippen molar-refractivity contribution in [3.05, 3.63) is 34.8 Å². The van der Waals surface area contributed by atoms with Crippen molar-refractivity contribution in [2.24, 2.45) is 5.73 Å². The van der Waals surface area contributed by atoms with Gasteiger partial charge in [-0.05, 0) is 37.7 Å². The molecule has 0 aliphatic carbocycles. The summed E-state index contributed by atoms with van der Waals surface area (Å²) in [5.41, 5.74) is 5.99. The summed E-state index contributed by atoms with van der Waals surface area (Å²) in [4.78, 5) is 12.0. The number of nitrogens with two attached hydrogens (primary N) is 1. The largest absolute Gasteiger partial charge is 0.494 e. The molecule has 0 aliphatic rings. The lowest BCUT2D eigenvalue weighted by molar-refractivity contribution is 0.102. The van der Waals surface area contributed by atoms with E-state index in [1.54, 1.807) is 24.3 Å². The van der Waals surface area contributed by atoms with Gasteiger partial charge in [0.15, 0.2) is 0 Å². The van der Waals surface area contributed by atoms with Crippen molar-refractivity contribution in [3.63, 3.8) is 0 Å². The lowest BCUT2D eigenvalue weighted by Gasteiger charge is -2.04. The van der Waals surface area contributed by atoms with Crippen LogP contribution in [0.4, 0.5) is 5.13 Å². The highest BCUT2D eigenvalue weighted by Gasteiger charge is 2.10. The first-order valence-electron chi connectivity index (χ1n) is 6.29. The Morgan fingerprint density at radius 1 is 1.35 bits per heavy atom. The second-order valence-electron chi connectivity index (χ2n) is 3.95. The molecule has 0 unspecified atom stereocenters. The van der Waals surface area contributed by atoms with Crippen molar-refractivity contribution < 1.29 is 9.53 Å². The van der Waals surface area contributed by atoms with E-state index in [9.17, 15) is 4.79 Å². The Bertz CT molecular complexity index is 568. The van der Waals surface area contributed by atoms with Crippen molar-refractivity contribution >= 4 is 22.4 Å². The van der Waals surface area contributed by atoms with Gasteiger partial charge in [-0.25, -0.2) is 0 Å². The van der Waals surface area contributed by atoms with E-state index in [0.717, 1.165) is 10.8 Å². The molecular formula is C13H16N4O2S. The zero-order valence-corrected chi connectivity index (χ0v) is 11.9. The topological polar surface area (TPSA) is 90.1 Å². The average molecular weight is 292 g/mol. The van der Waals surface area contributed by atoms with Gasteiger partial charge in [-0.2, -0.15) is 0 Å². The molecule has 2 aromatic rings. The van der Waals surface area contributed by atoms with E-state index < -0.39 is 0 Å². The number of nitrogens with one attached hydrogen (secondary N) is 1. The van der Waals surface area contributed by atoms with Crippen LogP contribution in [0.25, 0.3) is 0 Å². The number of aromatic nitrogens is 2. The molecule has 0 radical (unpaired) electrons. The predicted octanol–water partition coefficient (Wildman–Crippen LogP) is 1.69.